The number of likely N-dealkylation sites (tertiary alicyclic amines) is 2. The summed E-state index contributed by atoms with van der Waals surface area (Å²) in [6.45, 7) is 6.55. The van der Waals surface area contributed by atoms with Crippen LogP contribution in [0.1, 0.15) is 42.5 Å². The van der Waals surface area contributed by atoms with Gasteiger partial charge >= 0.3 is 12.1 Å². The molecule has 1 aromatic heterocycles. The number of nitrogens with zero attached hydrogens (tertiary/aromatic N) is 5. The average molecular weight is 753 g/mol. The van der Waals surface area contributed by atoms with Crippen LogP contribution in [-0.2, 0) is 22.7 Å². The van der Waals surface area contributed by atoms with Gasteiger partial charge in [-0.25, -0.2) is 9.59 Å². The summed E-state index contributed by atoms with van der Waals surface area (Å²) >= 11 is 8.65. The van der Waals surface area contributed by atoms with E-state index in [1.54, 1.807) is 16.2 Å². The molecule has 2 atom stereocenters. The van der Waals surface area contributed by atoms with Gasteiger partial charge in [0.25, 0.3) is 0 Å². The first-order valence-corrected chi connectivity index (χ1v) is 17.9. The predicted octanol–water partition coefficient (Wildman–Crippen LogP) is 5.42. The summed E-state index contributed by atoms with van der Waals surface area (Å²) in [5, 5.41) is 5.04. The Morgan fingerprint density at radius 3 is 2.52 bits per heavy atom. The molecule has 0 radical (unpaired) electrons. The van der Waals surface area contributed by atoms with Crippen LogP contribution in [0.15, 0.2) is 38.6 Å². The Kier molecular flexibility index (Phi) is 9.99. The molecule has 4 aliphatic heterocycles. The lowest BCUT2D eigenvalue weighted by atomic mass is 9.85. The first-order valence-electron chi connectivity index (χ1n) is 15.4. The number of ether oxygens (including phenoxy) is 1. The molecule has 3 amide bonds. The van der Waals surface area contributed by atoms with Crippen molar-refractivity contribution in [3.8, 4) is 0 Å². The molecule has 0 aliphatic carbocycles. The minimum Gasteiger partial charge on any atom is -0.445 e. The van der Waals surface area contributed by atoms with Gasteiger partial charge in [0, 0.05) is 71.5 Å². The highest BCUT2D eigenvalue weighted by Gasteiger charge is 2.52. The van der Waals surface area contributed by atoms with Crippen LogP contribution in [0.5, 0.6) is 0 Å². The number of carbonyl (C=O) groups excluding carboxylic acids is 3. The van der Waals surface area contributed by atoms with Crippen LogP contribution in [0, 0.1) is 0 Å². The number of anilines is 1. The second-order valence-corrected chi connectivity index (χ2v) is 15.0. The van der Waals surface area contributed by atoms with Gasteiger partial charge in [0.15, 0.2) is 0 Å². The lowest BCUT2D eigenvalue weighted by molar-refractivity contribution is -0.130. The van der Waals surface area contributed by atoms with Crippen LogP contribution < -0.4 is 5.32 Å². The van der Waals surface area contributed by atoms with E-state index >= 15 is 0 Å². The van der Waals surface area contributed by atoms with E-state index in [9.17, 15) is 14.4 Å². The third-order valence-corrected chi connectivity index (χ3v) is 12.6. The zero-order valence-electron chi connectivity index (χ0n) is 25.1. The van der Waals surface area contributed by atoms with Crippen LogP contribution in [0.2, 0.25) is 0 Å². The van der Waals surface area contributed by atoms with Crippen LogP contribution in [0.4, 0.5) is 15.3 Å². The summed E-state index contributed by atoms with van der Waals surface area (Å²) in [7, 11) is 2.18. The summed E-state index contributed by atoms with van der Waals surface area (Å²) in [5.41, 5.74) is 0.866. The van der Waals surface area contributed by atoms with Gasteiger partial charge in [0.05, 0.1) is 12.2 Å². The van der Waals surface area contributed by atoms with Crippen molar-refractivity contribution >= 4 is 67.3 Å². The fraction of sp³-hybridized carbons (Fsp3) is 0.581. The first-order chi connectivity index (χ1) is 21.3. The van der Waals surface area contributed by atoms with Gasteiger partial charge < -0.3 is 24.6 Å². The molecule has 3 saturated heterocycles. The number of piperazine rings is 1. The molecule has 10 nitrogen and oxygen atoms in total. The Morgan fingerprint density at radius 2 is 1.80 bits per heavy atom. The minimum absolute atomic E-state index is 0.121. The van der Waals surface area contributed by atoms with Gasteiger partial charge in [-0.1, -0.05) is 6.07 Å². The van der Waals surface area contributed by atoms with Crippen molar-refractivity contribution in [2.75, 3.05) is 58.2 Å². The second-order valence-electron chi connectivity index (χ2n) is 12.3. The Hall–Kier alpha value is -2.03. The summed E-state index contributed by atoms with van der Waals surface area (Å²) < 4.78 is 7.73. The molecule has 1 aromatic carbocycles. The fourth-order valence-corrected chi connectivity index (χ4v) is 8.86. The van der Waals surface area contributed by atoms with Gasteiger partial charge in [0.2, 0.25) is 0 Å². The number of nitrogens with one attached hydrogen (secondary N) is 1. The Bertz CT molecular complexity index is 1360. The summed E-state index contributed by atoms with van der Waals surface area (Å²) in [6.07, 6.45) is 4.11. The van der Waals surface area contributed by atoms with E-state index in [4.69, 9.17) is 4.74 Å². The number of thiophene rings is 1. The number of carbonyl (C=O) groups is 3. The van der Waals surface area contributed by atoms with Crippen molar-refractivity contribution in [1.29, 1.82) is 0 Å². The average Bonchev–Trinajstić information content (AvgIpc) is 3.49. The maximum absolute atomic E-state index is 13.9. The molecule has 0 spiro atoms. The predicted molar refractivity (Wildman–Crippen MR) is 178 cm³/mol. The number of rotatable bonds is 7. The molecule has 6 rings (SSSR count). The zero-order valence-corrected chi connectivity index (χ0v) is 29.0. The molecular weight excluding hydrogens is 712 g/mol. The number of amides is 3. The van der Waals surface area contributed by atoms with Crippen LogP contribution in [0.3, 0.4) is 0 Å². The van der Waals surface area contributed by atoms with Crippen molar-refractivity contribution in [2.24, 2.45) is 0 Å². The van der Waals surface area contributed by atoms with Gasteiger partial charge in [-0.2, -0.15) is 0 Å². The van der Waals surface area contributed by atoms with Crippen molar-refractivity contribution in [2.45, 2.75) is 63.0 Å². The van der Waals surface area contributed by atoms with E-state index < -0.39 is 11.8 Å². The van der Waals surface area contributed by atoms with E-state index in [-0.39, 0.29) is 25.1 Å². The maximum atomic E-state index is 13.9. The first kappa shape index (κ1) is 31.9. The number of urea groups is 1. The van der Waals surface area contributed by atoms with Crippen molar-refractivity contribution in [3.05, 3.63) is 49.0 Å². The number of benzene rings is 1. The van der Waals surface area contributed by atoms with Crippen molar-refractivity contribution < 1.29 is 19.1 Å². The molecule has 5 heterocycles. The molecule has 0 bridgehead atoms. The molecule has 3 fully saturated rings. The Balaban J connectivity index is 1.23. The molecule has 4 aliphatic rings. The molecule has 13 heteroatoms. The minimum atomic E-state index is -0.878. The van der Waals surface area contributed by atoms with E-state index in [1.807, 2.05) is 34.5 Å². The van der Waals surface area contributed by atoms with Crippen LogP contribution in [-0.4, -0.2) is 114 Å². The van der Waals surface area contributed by atoms with E-state index in [0.717, 1.165) is 83.5 Å². The molecule has 2 aromatic rings. The molecule has 0 unspecified atom stereocenters. The third-order valence-electron chi connectivity index (χ3n) is 9.84. The molecular formula is C31H40Br2N6O4S. The monoisotopic (exact) mass is 750 g/mol. The van der Waals surface area contributed by atoms with Gasteiger partial charge in [-0.15, -0.1) is 11.3 Å². The highest BCUT2D eigenvalue weighted by Crippen LogP contribution is 2.40. The maximum Gasteiger partial charge on any atom is 0.411 e. The molecule has 0 saturated carbocycles. The number of hydrogen-bond donors (Lipinski definition) is 1. The smallest absolute Gasteiger partial charge is 0.411 e. The Labute approximate surface area is 279 Å². The molecule has 1 N–H and O–H groups in total. The Morgan fingerprint density at radius 1 is 1.05 bits per heavy atom. The van der Waals surface area contributed by atoms with E-state index in [0.29, 0.717) is 32.0 Å². The van der Waals surface area contributed by atoms with E-state index in [1.165, 1.54) is 0 Å². The molecule has 238 valence electrons. The summed E-state index contributed by atoms with van der Waals surface area (Å²) in [6, 6.07) is 8.04. The topological polar surface area (TPSA) is 88.7 Å². The number of hydrogen-bond acceptors (Lipinski definition) is 8. The SMILES string of the molecule is CN1CCC(N2CCN([C@]3(CC=O)C[C@H](N4Cc5sccc5NC4=O)CCN3C(=O)OCc3ccc(Br)c(Br)c3)CC2)CC1. The standard InChI is InChI=1S/C31H40Br2N6O4S/c1-35-9-4-23(5-10-35)36-12-14-37(15-13-36)31(8-16-40)19-24(38-20-28-27(7-17-44-28)34-29(38)41)6-11-39(31)30(42)43-21-22-2-3-25(32)26(33)18-22/h2-3,7,16-18,23-24H,4-6,8-15,19-21H2,1H3,(H,34,41)/t24-,31+/m1/s1. The van der Waals surface area contributed by atoms with Crippen molar-refractivity contribution in [3.63, 3.8) is 0 Å². The van der Waals surface area contributed by atoms with Crippen LogP contribution >= 0.6 is 43.2 Å². The lowest BCUT2D eigenvalue weighted by Gasteiger charge is -2.57. The third kappa shape index (κ3) is 6.59. The van der Waals surface area contributed by atoms with Gasteiger partial charge in [-0.3, -0.25) is 14.7 Å². The highest BCUT2D eigenvalue weighted by atomic mass is 79.9. The number of fused-ring (bicyclic) bond motifs is 1. The fourth-order valence-electron chi connectivity index (χ4n) is 7.36. The normalized spacial score (nSPS) is 25.9. The van der Waals surface area contributed by atoms with Gasteiger partial charge in [-0.05, 0) is 100 Å². The second kappa shape index (κ2) is 13.8. The van der Waals surface area contributed by atoms with E-state index in [2.05, 4.69) is 58.9 Å². The summed E-state index contributed by atoms with van der Waals surface area (Å²) in [4.78, 5) is 51.7. The largest absolute Gasteiger partial charge is 0.445 e. The molecule has 44 heavy (non-hydrogen) atoms. The van der Waals surface area contributed by atoms with Gasteiger partial charge in [0.1, 0.15) is 18.6 Å². The number of aldehydes is 1. The number of halogens is 2. The highest BCUT2D eigenvalue weighted by molar-refractivity contribution is 9.13. The quantitative estimate of drug-likeness (QED) is 0.379. The lowest BCUT2D eigenvalue weighted by Crippen LogP contribution is -2.71. The zero-order chi connectivity index (χ0) is 30.8. The summed E-state index contributed by atoms with van der Waals surface area (Å²) in [5.74, 6) is 0. The van der Waals surface area contributed by atoms with Crippen LogP contribution in [0.25, 0.3) is 0 Å². The number of piperidine rings is 2. The van der Waals surface area contributed by atoms with Crippen molar-refractivity contribution in [1.82, 2.24) is 24.5 Å².